The van der Waals surface area contributed by atoms with E-state index in [1.807, 2.05) is 6.07 Å². The second-order valence-electron chi connectivity index (χ2n) is 7.48. The Morgan fingerprint density at radius 2 is 1.81 bits per heavy atom. The number of hydrogen-bond donors (Lipinski definition) is 2. The van der Waals surface area contributed by atoms with Crippen molar-refractivity contribution >= 4 is 30.7 Å². The Hall–Kier alpha value is -0.850. The molecule has 1 saturated heterocycles. The summed E-state index contributed by atoms with van der Waals surface area (Å²) < 4.78 is 5.17. The summed E-state index contributed by atoms with van der Waals surface area (Å²) in [5, 5.41) is 3.00. The van der Waals surface area contributed by atoms with Crippen LogP contribution < -0.4 is 11.1 Å². The van der Waals surface area contributed by atoms with Crippen LogP contribution >= 0.6 is 24.8 Å². The number of nitrogens with one attached hydrogen (secondary N) is 1. The molecule has 3 N–H and O–H groups in total. The van der Waals surface area contributed by atoms with Gasteiger partial charge in [-0.3, -0.25) is 9.69 Å². The third kappa shape index (κ3) is 8.79. The molecule has 1 aromatic rings. The van der Waals surface area contributed by atoms with Crippen molar-refractivity contribution in [1.29, 1.82) is 0 Å². The van der Waals surface area contributed by atoms with Crippen molar-refractivity contribution in [3.63, 3.8) is 0 Å². The summed E-state index contributed by atoms with van der Waals surface area (Å²) in [7, 11) is 1.58. The maximum atomic E-state index is 12.1. The highest BCUT2D eigenvalue weighted by atomic mass is 35.5. The molecule has 3 unspecified atom stereocenters. The molecule has 7 heteroatoms. The lowest BCUT2D eigenvalue weighted by molar-refractivity contribution is -0.123. The molecule has 27 heavy (non-hydrogen) atoms. The zero-order valence-electron chi connectivity index (χ0n) is 16.6. The van der Waals surface area contributed by atoms with Crippen molar-refractivity contribution < 1.29 is 9.53 Å². The fourth-order valence-electron chi connectivity index (χ4n) is 3.78. The molecule has 5 nitrogen and oxygen atoms in total. The molecule has 1 heterocycles. The number of hydrogen-bond acceptors (Lipinski definition) is 4. The first-order valence-electron chi connectivity index (χ1n) is 9.30. The Balaban J connectivity index is 0.00000338. The van der Waals surface area contributed by atoms with Gasteiger partial charge in [0, 0.05) is 39.8 Å². The van der Waals surface area contributed by atoms with Crippen LogP contribution in [0.5, 0.6) is 0 Å². The Morgan fingerprint density at radius 1 is 1.22 bits per heavy atom. The maximum absolute atomic E-state index is 12.1. The highest BCUT2D eigenvalue weighted by Crippen LogP contribution is 2.23. The van der Waals surface area contributed by atoms with Gasteiger partial charge >= 0.3 is 0 Å². The molecule has 1 aliphatic rings. The van der Waals surface area contributed by atoms with E-state index in [0.29, 0.717) is 19.5 Å². The Bertz CT molecular complexity index is 546. The first-order chi connectivity index (χ1) is 12.0. The average molecular weight is 420 g/mol. The van der Waals surface area contributed by atoms with Crippen molar-refractivity contribution in [3.8, 4) is 0 Å². The smallest absolute Gasteiger partial charge is 0.222 e. The second-order valence-corrected chi connectivity index (χ2v) is 7.48. The van der Waals surface area contributed by atoms with Gasteiger partial charge in [-0.25, -0.2) is 0 Å². The fourth-order valence-corrected chi connectivity index (χ4v) is 3.78. The van der Waals surface area contributed by atoms with Crippen molar-refractivity contribution in [3.05, 3.63) is 35.4 Å². The van der Waals surface area contributed by atoms with Gasteiger partial charge in [-0.2, -0.15) is 0 Å². The molecule has 1 fully saturated rings. The first-order valence-corrected chi connectivity index (χ1v) is 9.30. The lowest BCUT2D eigenvalue weighted by Crippen LogP contribution is -2.38. The largest absolute Gasteiger partial charge is 0.380 e. The fraction of sp³-hybridized carbons (Fsp3) is 0.650. The number of benzene rings is 1. The summed E-state index contributed by atoms with van der Waals surface area (Å²) in [4.78, 5) is 14.6. The van der Waals surface area contributed by atoms with Crippen molar-refractivity contribution in [1.82, 2.24) is 10.2 Å². The Morgan fingerprint density at radius 3 is 2.37 bits per heavy atom. The molecule has 156 valence electrons. The molecule has 0 saturated carbocycles. The second kappa shape index (κ2) is 13.3. The third-order valence-electron chi connectivity index (χ3n) is 4.94. The van der Waals surface area contributed by atoms with Crippen molar-refractivity contribution in [2.45, 2.75) is 45.9 Å². The van der Waals surface area contributed by atoms with Gasteiger partial charge in [0.05, 0.1) is 12.5 Å². The van der Waals surface area contributed by atoms with Gasteiger partial charge in [0.25, 0.3) is 0 Å². The van der Waals surface area contributed by atoms with Gasteiger partial charge in [-0.1, -0.05) is 38.1 Å². The predicted octanol–water partition coefficient (Wildman–Crippen LogP) is 2.99. The van der Waals surface area contributed by atoms with Gasteiger partial charge in [0.1, 0.15) is 0 Å². The third-order valence-corrected chi connectivity index (χ3v) is 4.94. The molecule has 0 aromatic heterocycles. The average Bonchev–Trinajstić information content (AvgIpc) is 2.58. The van der Waals surface area contributed by atoms with Crippen LogP contribution in [0.15, 0.2) is 24.3 Å². The highest BCUT2D eigenvalue weighted by molar-refractivity contribution is 5.85. The molecule has 0 spiro atoms. The van der Waals surface area contributed by atoms with Gasteiger partial charge in [0.15, 0.2) is 0 Å². The van der Waals surface area contributed by atoms with E-state index in [9.17, 15) is 4.79 Å². The molecule has 0 aliphatic carbocycles. The number of nitrogens with two attached hydrogens (primary N) is 1. The molecule has 0 bridgehead atoms. The summed E-state index contributed by atoms with van der Waals surface area (Å²) in [6.07, 6.45) is 1.40. The van der Waals surface area contributed by atoms with Gasteiger partial charge in [0.2, 0.25) is 5.91 Å². The molecule has 2 rings (SSSR count). The number of ether oxygens (including phenoxy) is 1. The summed E-state index contributed by atoms with van der Waals surface area (Å²) in [6.45, 7) is 8.82. The van der Waals surface area contributed by atoms with E-state index >= 15 is 0 Å². The minimum Gasteiger partial charge on any atom is -0.380 e. The van der Waals surface area contributed by atoms with Gasteiger partial charge in [-0.15, -0.1) is 24.8 Å². The molecule has 1 aromatic carbocycles. The number of piperidine rings is 1. The van der Waals surface area contributed by atoms with E-state index < -0.39 is 0 Å². The first kappa shape index (κ1) is 26.1. The molecule has 1 aliphatic heterocycles. The highest BCUT2D eigenvalue weighted by Gasteiger charge is 2.22. The van der Waals surface area contributed by atoms with Crippen LogP contribution in [-0.2, 0) is 22.6 Å². The lowest BCUT2D eigenvalue weighted by atomic mass is 9.91. The van der Waals surface area contributed by atoms with Crippen LogP contribution in [0.4, 0.5) is 0 Å². The lowest BCUT2D eigenvalue weighted by Gasteiger charge is -2.35. The molecule has 3 atom stereocenters. The number of carbonyl (C=O) groups is 1. The summed E-state index contributed by atoms with van der Waals surface area (Å²) in [5.74, 6) is 1.48. The van der Waals surface area contributed by atoms with Gasteiger partial charge in [-0.05, 0) is 29.4 Å². The number of halogens is 2. The Labute approximate surface area is 176 Å². The van der Waals surface area contributed by atoms with Crippen LogP contribution in [0.25, 0.3) is 0 Å². The normalized spacial score (nSPS) is 20.9. The van der Waals surface area contributed by atoms with E-state index in [1.165, 1.54) is 17.5 Å². The summed E-state index contributed by atoms with van der Waals surface area (Å²) in [5.41, 5.74) is 8.06. The topological polar surface area (TPSA) is 67.6 Å². The zero-order valence-corrected chi connectivity index (χ0v) is 18.3. The van der Waals surface area contributed by atoms with E-state index in [0.717, 1.165) is 31.5 Å². The molecular formula is C20H35Cl2N3O2. The predicted molar refractivity (Wildman–Crippen MR) is 115 cm³/mol. The van der Waals surface area contributed by atoms with Gasteiger partial charge < -0.3 is 15.8 Å². The quantitative estimate of drug-likeness (QED) is 0.679. The maximum Gasteiger partial charge on any atom is 0.222 e. The van der Waals surface area contributed by atoms with E-state index in [-0.39, 0.29) is 36.8 Å². The van der Waals surface area contributed by atoms with Crippen LogP contribution in [0.1, 0.15) is 37.8 Å². The van der Waals surface area contributed by atoms with Crippen LogP contribution in [0.3, 0.4) is 0 Å². The van der Waals surface area contributed by atoms with E-state index in [2.05, 4.69) is 42.3 Å². The minimum atomic E-state index is -0.216. The molecular weight excluding hydrogens is 385 g/mol. The van der Waals surface area contributed by atoms with Crippen molar-refractivity contribution in [2.75, 3.05) is 26.7 Å². The van der Waals surface area contributed by atoms with Crippen LogP contribution in [0.2, 0.25) is 0 Å². The molecule has 1 amide bonds. The number of amides is 1. The number of likely N-dealkylation sites (tertiary alicyclic amines) is 1. The number of nitrogens with zero attached hydrogens (tertiary/aromatic N) is 1. The summed E-state index contributed by atoms with van der Waals surface area (Å²) in [6, 6.07) is 8.38. The van der Waals surface area contributed by atoms with E-state index in [1.54, 1.807) is 7.11 Å². The van der Waals surface area contributed by atoms with E-state index in [4.69, 9.17) is 10.5 Å². The van der Waals surface area contributed by atoms with Crippen LogP contribution in [-0.4, -0.2) is 43.7 Å². The monoisotopic (exact) mass is 419 g/mol. The Kier molecular flexibility index (Phi) is 12.9. The minimum absolute atomic E-state index is 0. The van der Waals surface area contributed by atoms with Crippen molar-refractivity contribution in [2.24, 2.45) is 17.6 Å². The number of rotatable bonds is 8. The molecule has 0 radical (unpaired) electrons. The van der Waals surface area contributed by atoms with Crippen LogP contribution in [0, 0.1) is 11.8 Å². The SMILES string of the molecule is COC(CN)CC(=O)NCc1ccccc1CN1CC(C)CC(C)C1.Cl.Cl. The standard InChI is InChI=1S/C20H33N3O2.2ClH/c1-15-8-16(2)13-23(12-15)14-18-7-5-4-6-17(18)11-22-20(24)9-19(10-21)25-3;;/h4-7,15-16,19H,8-14,21H2,1-3H3,(H,22,24);2*1H. The zero-order chi connectivity index (χ0) is 18.2. The number of carbonyl (C=O) groups excluding carboxylic acids is 1. The number of methoxy groups -OCH3 is 1. The summed E-state index contributed by atoms with van der Waals surface area (Å²) >= 11 is 0.